The maximum absolute atomic E-state index is 13.5. The number of Topliss-reactive ketones (excluding diaryl/α,β-unsaturated/α-hetero) is 1. The number of fused-ring (bicyclic) bond motifs is 1. The molecule has 1 aliphatic heterocycles. The molecule has 0 fully saturated rings. The van der Waals surface area contributed by atoms with Crippen LogP contribution in [0.4, 0.5) is 5.82 Å². The average molecular weight is 511 g/mol. The number of carbonyl (C=O) groups excluding carboxylic acids is 1. The number of para-hydroxylation sites is 1. The standard InChI is InChI=1S/C24H22IN3O2/c1-24(2)12-17-20(18(29)13-24)19(14-8-10-15(25)11-9-14)21-22(26-17)27-28(23(21)30)16-6-4-3-5-7-16/h3-11,19,26-27H,12-13H2,1-2H3/t19-/m1/s1. The number of ketones is 1. The Hall–Kier alpha value is -2.61. The number of nitrogens with one attached hydrogen (secondary N) is 2. The predicted molar refractivity (Wildman–Crippen MR) is 126 cm³/mol. The lowest BCUT2D eigenvalue weighted by Gasteiger charge is -2.37. The second-order valence-electron chi connectivity index (χ2n) is 8.82. The number of aromatic amines is 1. The van der Waals surface area contributed by atoms with Gasteiger partial charge in [-0.25, -0.2) is 4.68 Å². The van der Waals surface area contributed by atoms with Crippen molar-refractivity contribution in [3.8, 4) is 5.69 Å². The number of benzene rings is 2. The van der Waals surface area contributed by atoms with Gasteiger partial charge in [0.15, 0.2) is 5.78 Å². The third-order valence-electron chi connectivity index (χ3n) is 5.92. The average Bonchev–Trinajstić information content (AvgIpc) is 3.03. The van der Waals surface area contributed by atoms with Gasteiger partial charge in [-0.15, -0.1) is 0 Å². The molecule has 0 amide bonds. The van der Waals surface area contributed by atoms with E-state index in [0.717, 1.165) is 32.5 Å². The van der Waals surface area contributed by atoms with Crippen LogP contribution in [0.15, 0.2) is 70.7 Å². The first-order chi connectivity index (χ1) is 14.3. The molecule has 5 nitrogen and oxygen atoms in total. The van der Waals surface area contributed by atoms with Crippen molar-refractivity contribution in [1.82, 2.24) is 9.78 Å². The van der Waals surface area contributed by atoms with Crippen LogP contribution in [0.5, 0.6) is 0 Å². The van der Waals surface area contributed by atoms with Gasteiger partial charge in [0.05, 0.1) is 11.3 Å². The number of anilines is 1. The number of nitrogens with zero attached hydrogens (tertiary/aromatic N) is 1. The molecule has 3 aromatic rings. The molecule has 2 heterocycles. The lowest BCUT2D eigenvalue weighted by Crippen LogP contribution is -2.35. The number of H-pyrrole nitrogens is 1. The van der Waals surface area contributed by atoms with Gasteiger partial charge in [-0.2, -0.15) is 0 Å². The zero-order valence-corrected chi connectivity index (χ0v) is 19.0. The Morgan fingerprint density at radius 1 is 1.00 bits per heavy atom. The van der Waals surface area contributed by atoms with Crippen LogP contribution in [0.2, 0.25) is 0 Å². The first-order valence-electron chi connectivity index (χ1n) is 10.0. The van der Waals surface area contributed by atoms with E-state index >= 15 is 0 Å². The number of halogens is 1. The molecule has 1 aliphatic carbocycles. The van der Waals surface area contributed by atoms with Gasteiger partial charge in [0, 0.05) is 27.2 Å². The second-order valence-corrected chi connectivity index (χ2v) is 10.1. The summed E-state index contributed by atoms with van der Waals surface area (Å²) in [7, 11) is 0. The fourth-order valence-electron chi connectivity index (χ4n) is 4.64. The fraction of sp³-hybridized carbons (Fsp3) is 0.250. The van der Waals surface area contributed by atoms with Crippen molar-refractivity contribution in [2.24, 2.45) is 5.41 Å². The molecule has 30 heavy (non-hydrogen) atoms. The molecular formula is C24H22IN3O2. The summed E-state index contributed by atoms with van der Waals surface area (Å²) in [5.41, 5.74) is 3.76. The molecule has 0 saturated carbocycles. The normalized spacial score (nSPS) is 19.8. The van der Waals surface area contributed by atoms with E-state index in [9.17, 15) is 9.59 Å². The van der Waals surface area contributed by atoms with E-state index < -0.39 is 0 Å². The Labute approximate surface area is 188 Å². The first-order valence-corrected chi connectivity index (χ1v) is 11.1. The molecule has 2 aliphatic rings. The minimum absolute atomic E-state index is 0.112. The largest absolute Gasteiger partial charge is 0.343 e. The minimum Gasteiger partial charge on any atom is -0.343 e. The van der Waals surface area contributed by atoms with Crippen LogP contribution in [-0.2, 0) is 4.79 Å². The molecule has 2 N–H and O–H groups in total. The number of hydrogen-bond acceptors (Lipinski definition) is 3. The number of allylic oxidation sites excluding steroid dienone is 2. The Morgan fingerprint density at radius 3 is 2.40 bits per heavy atom. The van der Waals surface area contributed by atoms with Crippen molar-refractivity contribution in [3.63, 3.8) is 0 Å². The van der Waals surface area contributed by atoms with Crippen LogP contribution < -0.4 is 10.9 Å². The molecule has 0 radical (unpaired) electrons. The Kier molecular flexibility index (Phi) is 4.50. The van der Waals surface area contributed by atoms with Crippen LogP contribution in [0.25, 0.3) is 5.69 Å². The molecule has 0 unspecified atom stereocenters. The molecule has 152 valence electrons. The smallest absolute Gasteiger partial charge is 0.277 e. The van der Waals surface area contributed by atoms with Gasteiger partial charge < -0.3 is 5.32 Å². The maximum atomic E-state index is 13.5. The van der Waals surface area contributed by atoms with E-state index in [1.165, 1.54) is 0 Å². The maximum Gasteiger partial charge on any atom is 0.277 e. The summed E-state index contributed by atoms with van der Waals surface area (Å²) in [4.78, 5) is 26.8. The number of rotatable bonds is 2. The Bertz CT molecular complexity index is 1230. The molecule has 2 aromatic carbocycles. The van der Waals surface area contributed by atoms with Crippen molar-refractivity contribution in [1.29, 1.82) is 0 Å². The molecule has 0 saturated heterocycles. The summed E-state index contributed by atoms with van der Waals surface area (Å²) >= 11 is 2.27. The van der Waals surface area contributed by atoms with Crippen molar-refractivity contribution in [2.45, 2.75) is 32.6 Å². The third kappa shape index (κ3) is 3.14. The highest BCUT2D eigenvalue weighted by Gasteiger charge is 2.42. The zero-order valence-electron chi connectivity index (χ0n) is 16.8. The highest BCUT2D eigenvalue weighted by atomic mass is 127. The second kappa shape index (κ2) is 6.97. The molecule has 1 aromatic heterocycles. The van der Waals surface area contributed by atoms with Gasteiger partial charge in [-0.1, -0.05) is 44.2 Å². The van der Waals surface area contributed by atoms with Gasteiger partial charge in [0.25, 0.3) is 5.56 Å². The van der Waals surface area contributed by atoms with Crippen LogP contribution in [0.3, 0.4) is 0 Å². The Morgan fingerprint density at radius 2 is 1.70 bits per heavy atom. The third-order valence-corrected chi connectivity index (χ3v) is 6.64. The lowest BCUT2D eigenvalue weighted by atomic mass is 9.69. The van der Waals surface area contributed by atoms with Crippen LogP contribution in [-0.4, -0.2) is 15.6 Å². The van der Waals surface area contributed by atoms with E-state index in [4.69, 9.17) is 0 Å². The predicted octanol–water partition coefficient (Wildman–Crippen LogP) is 4.97. The summed E-state index contributed by atoms with van der Waals surface area (Å²) in [6, 6.07) is 17.6. The van der Waals surface area contributed by atoms with E-state index in [1.807, 2.05) is 54.6 Å². The SMILES string of the molecule is CC1(C)CC(=O)C2=C(C1)Nc1[nH]n(-c3ccccc3)c(=O)c1[C@@H]2c1ccc(I)cc1. The Balaban J connectivity index is 1.74. The van der Waals surface area contributed by atoms with Crippen LogP contribution in [0.1, 0.15) is 43.7 Å². The van der Waals surface area contributed by atoms with Gasteiger partial charge in [0.1, 0.15) is 5.82 Å². The van der Waals surface area contributed by atoms with Crippen LogP contribution >= 0.6 is 22.6 Å². The van der Waals surface area contributed by atoms with Crippen molar-refractivity contribution >= 4 is 34.2 Å². The quantitative estimate of drug-likeness (QED) is 0.478. The molecule has 0 spiro atoms. The highest BCUT2D eigenvalue weighted by Crippen LogP contribution is 2.47. The summed E-state index contributed by atoms with van der Waals surface area (Å²) in [5, 5.41) is 6.66. The molecule has 5 rings (SSSR count). The first kappa shape index (κ1) is 19.4. The topological polar surface area (TPSA) is 66.9 Å². The molecule has 1 atom stereocenters. The van der Waals surface area contributed by atoms with E-state index in [-0.39, 0.29) is 22.7 Å². The summed E-state index contributed by atoms with van der Waals surface area (Å²) < 4.78 is 2.68. The van der Waals surface area contributed by atoms with Gasteiger partial charge in [0.2, 0.25) is 0 Å². The highest BCUT2D eigenvalue weighted by molar-refractivity contribution is 14.1. The van der Waals surface area contributed by atoms with Crippen molar-refractivity contribution in [3.05, 3.63) is 90.9 Å². The number of carbonyl (C=O) groups is 1. The summed E-state index contributed by atoms with van der Waals surface area (Å²) in [6.45, 7) is 4.23. The van der Waals surface area contributed by atoms with Gasteiger partial charge >= 0.3 is 0 Å². The molecule has 0 bridgehead atoms. The lowest BCUT2D eigenvalue weighted by molar-refractivity contribution is -0.118. The van der Waals surface area contributed by atoms with Crippen molar-refractivity contribution < 1.29 is 4.79 Å². The van der Waals surface area contributed by atoms with E-state index in [2.05, 4.69) is 46.9 Å². The van der Waals surface area contributed by atoms with E-state index in [0.29, 0.717) is 17.8 Å². The number of aromatic nitrogens is 2. The summed E-state index contributed by atoms with van der Waals surface area (Å²) in [5.74, 6) is 0.428. The monoisotopic (exact) mass is 511 g/mol. The molecule has 6 heteroatoms. The minimum atomic E-state index is -0.370. The van der Waals surface area contributed by atoms with Crippen LogP contribution in [0, 0.1) is 8.99 Å². The number of hydrogen-bond donors (Lipinski definition) is 2. The molecular weight excluding hydrogens is 489 g/mol. The fourth-order valence-corrected chi connectivity index (χ4v) is 5.00. The van der Waals surface area contributed by atoms with Gasteiger partial charge in [-0.05, 0) is 64.3 Å². The summed E-state index contributed by atoms with van der Waals surface area (Å²) in [6.07, 6.45) is 1.26. The zero-order chi connectivity index (χ0) is 21.0. The van der Waals surface area contributed by atoms with Crippen molar-refractivity contribution in [2.75, 3.05) is 5.32 Å². The van der Waals surface area contributed by atoms with Gasteiger partial charge in [-0.3, -0.25) is 14.7 Å². The van der Waals surface area contributed by atoms with E-state index in [1.54, 1.807) is 4.68 Å².